The Labute approximate surface area is 172 Å². The summed E-state index contributed by atoms with van der Waals surface area (Å²) in [6.45, 7) is 3.89. The van der Waals surface area contributed by atoms with E-state index in [1.807, 2.05) is 47.4 Å². The molecule has 2 heterocycles. The second kappa shape index (κ2) is 8.26. The smallest absolute Gasteiger partial charge is 0.258 e. The van der Waals surface area contributed by atoms with Crippen LogP contribution in [0, 0.1) is 0 Å². The van der Waals surface area contributed by atoms with Crippen molar-refractivity contribution in [2.24, 2.45) is 0 Å². The molecule has 7 heteroatoms. The van der Waals surface area contributed by atoms with Crippen LogP contribution in [0.2, 0.25) is 0 Å². The van der Waals surface area contributed by atoms with E-state index in [2.05, 4.69) is 11.0 Å². The second-order valence-electron chi connectivity index (χ2n) is 7.83. The molecule has 154 valence electrons. The zero-order chi connectivity index (χ0) is 20.4. The van der Waals surface area contributed by atoms with Crippen LogP contribution >= 0.6 is 0 Å². The van der Waals surface area contributed by atoms with E-state index in [1.165, 1.54) is 16.1 Å². The van der Waals surface area contributed by atoms with E-state index in [0.29, 0.717) is 31.7 Å². The lowest BCUT2D eigenvalue weighted by Crippen LogP contribution is -2.47. The van der Waals surface area contributed by atoms with Crippen molar-refractivity contribution in [1.29, 1.82) is 0 Å². The van der Waals surface area contributed by atoms with Crippen LogP contribution in [0.3, 0.4) is 0 Å². The molecule has 0 aromatic heterocycles. The molecule has 0 radical (unpaired) electrons. The summed E-state index contributed by atoms with van der Waals surface area (Å²) in [6, 6.07) is 16.0. The highest BCUT2D eigenvalue weighted by molar-refractivity contribution is 7.88. The predicted octanol–water partition coefficient (Wildman–Crippen LogP) is 2.36. The Hall–Kier alpha value is -2.22. The number of hydrogen-bond acceptors (Lipinski definition) is 4. The van der Waals surface area contributed by atoms with Gasteiger partial charge >= 0.3 is 0 Å². The van der Waals surface area contributed by atoms with E-state index in [4.69, 9.17) is 0 Å². The fourth-order valence-electron chi connectivity index (χ4n) is 4.18. The fourth-order valence-corrected chi connectivity index (χ4v) is 5.01. The first kappa shape index (κ1) is 20.1. The first-order valence-corrected chi connectivity index (χ1v) is 11.9. The molecule has 1 saturated heterocycles. The molecule has 0 bridgehead atoms. The first-order chi connectivity index (χ1) is 13.9. The van der Waals surface area contributed by atoms with Gasteiger partial charge in [0.05, 0.1) is 6.26 Å². The normalized spacial score (nSPS) is 18.4. The molecule has 0 aliphatic carbocycles. The van der Waals surface area contributed by atoms with E-state index in [9.17, 15) is 13.2 Å². The SMILES string of the molecule is CS(=O)(=O)N1CCN(Cc2cccc(C(=O)N3CCCc4ccccc43)c2)CC1. The highest BCUT2D eigenvalue weighted by Gasteiger charge is 2.25. The van der Waals surface area contributed by atoms with E-state index >= 15 is 0 Å². The monoisotopic (exact) mass is 413 g/mol. The molecule has 0 spiro atoms. The molecule has 0 saturated carbocycles. The average molecular weight is 414 g/mol. The summed E-state index contributed by atoms with van der Waals surface area (Å²) in [5.74, 6) is 0.0425. The number of nitrogens with zero attached hydrogens (tertiary/aromatic N) is 3. The summed E-state index contributed by atoms with van der Waals surface area (Å²) in [7, 11) is -3.12. The molecule has 2 aliphatic heterocycles. The second-order valence-corrected chi connectivity index (χ2v) is 9.81. The molecule has 4 rings (SSSR count). The molecule has 2 aromatic rings. The number of sulfonamides is 1. The van der Waals surface area contributed by atoms with Crippen molar-refractivity contribution < 1.29 is 13.2 Å². The minimum absolute atomic E-state index is 0.0425. The Morgan fingerprint density at radius 2 is 1.72 bits per heavy atom. The maximum absolute atomic E-state index is 13.2. The topological polar surface area (TPSA) is 60.9 Å². The number of anilines is 1. The number of carbonyl (C=O) groups excluding carboxylic acids is 1. The maximum Gasteiger partial charge on any atom is 0.258 e. The van der Waals surface area contributed by atoms with Gasteiger partial charge < -0.3 is 4.90 Å². The van der Waals surface area contributed by atoms with Gasteiger partial charge in [-0.2, -0.15) is 4.31 Å². The number of aryl methyl sites for hydroxylation is 1. The van der Waals surface area contributed by atoms with E-state index < -0.39 is 10.0 Å². The molecule has 29 heavy (non-hydrogen) atoms. The maximum atomic E-state index is 13.2. The quantitative estimate of drug-likeness (QED) is 0.772. The summed E-state index contributed by atoms with van der Waals surface area (Å²) in [4.78, 5) is 17.3. The number of rotatable bonds is 4. The lowest BCUT2D eigenvalue weighted by Gasteiger charge is -2.33. The van der Waals surface area contributed by atoms with Gasteiger partial charge in [-0.15, -0.1) is 0 Å². The third-order valence-corrected chi connectivity index (χ3v) is 7.04. The number of carbonyl (C=O) groups is 1. The Kier molecular flexibility index (Phi) is 5.72. The highest BCUT2D eigenvalue weighted by Crippen LogP contribution is 2.28. The number of fused-ring (bicyclic) bond motifs is 1. The zero-order valence-corrected chi connectivity index (χ0v) is 17.6. The van der Waals surface area contributed by atoms with Crippen LogP contribution < -0.4 is 4.90 Å². The lowest BCUT2D eigenvalue weighted by molar-refractivity contribution is 0.0984. The van der Waals surface area contributed by atoms with Gasteiger partial charge in [-0.05, 0) is 42.2 Å². The van der Waals surface area contributed by atoms with Crippen molar-refractivity contribution in [3.05, 3.63) is 65.2 Å². The van der Waals surface area contributed by atoms with Gasteiger partial charge in [-0.25, -0.2) is 8.42 Å². The minimum Gasteiger partial charge on any atom is -0.308 e. The lowest BCUT2D eigenvalue weighted by atomic mass is 10.0. The van der Waals surface area contributed by atoms with Crippen LogP contribution in [0.4, 0.5) is 5.69 Å². The van der Waals surface area contributed by atoms with Crippen molar-refractivity contribution in [1.82, 2.24) is 9.21 Å². The van der Waals surface area contributed by atoms with Gasteiger partial charge in [-0.1, -0.05) is 30.3 Å². The number of benzene rings is 2. The van der Waals surface area contributed by atoms with Crippen LogP contribution in [0.5, 0.6) is 0 Å². The van der Waals surface area contributed by atoms with E-state index in [0.717, 1.165) is 37.2 Å². The van der Waals surface area contributed by atoms with Gasteiger partial charge in [0.2, 0.25) is 10.0 Å². The summed E-state index contributed by atoms with van der Waals surface area (Å²) in [5, 5.41) is 0. The van der Waals surface area contributed by atoms with Crippen LogP contribution in [0.25, 0.3) is 0 Å². The first-order valence-electron chi connectivity index (χ1n) is 10.1. The molecule has 0 atom stereocenters. The Morgan fingerprint density at radius 3 is 2.48 bits per heavy atom. The minimum atomic E-state index is -3.12. The average Bonchev–Trinajstić information content (AvgIpc) is 2.73. The van der Waals surface area contributed by atoms with Crippen molar-refractivity contribution in [2.45, 2.75) is 19.4 Å². The highest BCUT2D eigenvalue weighted by atomic mass is 32.2. The van der Waals surface area contributed by atoms with Crippen molar-refractivity contribution >= 4 is 21.6 Å². The summed E-state index contributed by atoms with van der Waals surface area (Å²) < 4.78 is 24.9. The van der Waals surface area contributed by atoms with Crippen molar-refractivity contribution in [2.75, 3.05) is 43.9 Å². The number of hydrogen-bond donors (Lipinski definition) is 0. The van der Waals surface area contributed by atoms with E-state index in [1.54, 1.807) is 0 Å². The standard InChI is InChI=1S/C22H27N3O3S/c1-29(27,28)24-14-12-23(13-15-24)17-18-6-4-8-20(16-18)22(26)25-11-5-9-19-7-2-3-10-21(19)25/h2-4,6-8,10,16H,5,9,11-15,17H2,1H3. The molecular weight excluding hydrogens is 386 g/mol. The van der Waals surface area contributed by atoms with Gasteiger partial charge in [0.1, 0.15) is 0 Å². The number of amides is 1. The van der Waals surface area contributed by atoms with Crippen molar-refractivity contribution in [3.8, 4) is 0 Å². The van der Waals surface area contributed by atoms with Gasteiger partial charge in [0.25, 0.3) is 5.91 Å². The predicted molar refractivity (Wildman–Crippen MR) is 115 cm³/mol. The zero-order valence-electron chi connectivity index (χ0n) is 16.8. The Morgan fingerprint density at radius 1 is 0.966 bits per heavy atom. The van der Waals surface area contributed by atoms with E-state index in [-0.39, 0.29) is 5.91 Å². The molecule has 0 N–H and O–H groups in total. The van der Waals surface area contributed by atoms with Crippen molar-refractivity contribution in [3.63, 3.8) is 0 Å². The van der Waals surface area contributed by atoms with Gasteiger partial charge in [-0.3, -0.25) is 9.69 Å². The summed E-state index contributed by atoms with van der Waals surface area (Å²) in [6.07, 6.45) is 3.25. The molecule has 2 aromatic carbocycles. The fraction of sp³-hybridized carbons (Fsp3) is 0.409. The largest absolute Gasteiger partial charge is 0.308 e. The number of para-hydroxylation sites is 1. The molecular formula is C22H27N3O3S. The van der Waals surface area contributed by atoms with Crippen LogP contribution in [0.15, 0.2) is 48.5 Å². The molecule has 2 aliphatic rings. The van der Waals surface area contributed by atoms with Gasteiger partial charge in [0.15, 0.2) is 0 Å². The molecule has 1 amide bonds. The third-order valence-electron chi connectivity index (χ3n) is 5.74. The Balaban J connectivity index is 1.45. The van der Waals surface area contributed by atoms with Crippen LogP contribution in [0.1, 0.15) is 27.9 Å². The molecule has 1 fully saturated rings. The summed E-state index contributed by atoms with van der Waals surface area (Å²) in [5.41, 5.74) is 4.03. The molecule has 6 nitrogen and oxygen atoms in total. The summed E-state index contributed by atoms with van der Waals surface area (Å²) >= 11 is 0. The van der Waals surface area contributed by atoms with Gasteiger partial charge in [0, 0.05) is 50.5 Å². The van der Waals surface area contributed by atoms with Crippen LogP contribution in [-0.4, -0.2) is 62.5 Å². The third kappa shape index (κ3) is 4.52. The number of piperazine rings is 1. The molecule has 0 unspecified atom stereocenters. The van der Waals surface area contributed by atoms with Crippen LogP contribution in [-0.2, 0) is 23.0 Å². The Bertz CT molecular complexity index is 998.